The molecule has 2 heteroatoms. The van der Waals surface area contributed by atoms with Gasteiger partial charge in [-0.25, -0.2) is 0 Å². The number of likely N-dealkylation sites (tertiary alicyclic amines) is 1. The first-order chi connectivity index (χ1) is 9.79. The van der Waals surface area contributed by atoms with Crippen molar-refractivity contribution < 1.29 is 5.11 Å². The topological polar surface area (TPSA) is 23.5 Å². The largest absolute Gasteiger partial charge is 0.388 e. The van der Waals surface area contributed by atoms with E-state index in [-0.39, 0.29) is 5.60 Å². The Morgan fingerprint density at radius 1 is 0.700 bits per heavy atom. The molecule has 0 atom stereocenters. The zero-order chi connectivity index (χ0) is 13.8. The molecule has 2 nitrogen and oxygen atoms in total. The van der Waals surface area contributed by atoms with Crippen molar-refractivity contribution in [3.05, 3.63) is 0 Å². The molecule has 0 aromatic rings. The van der Waals surface area contributed by atoms with Gasteiger partial charge >= 0.3 is 0 Å². The molecule has 1 heterocycles. The molecule has 0 unspecified atom stereocenters. The summed E-state index contributed by atoms with van der Waals surface area (Å²) < 4.78 is 0. The van der Waals surface area contributed by atoms with Crippen LogP contribution in [0.5, 0.6) is 0 Å². The van der Waals surface area contributed by atoms with Crippen molar-refractivity contribution in [3.63, 3.8) is 0 Å². The molecule has 3 rings (SSSR count). The van der Waals surface area contributed by atoms with Crippen LogP contribution in [0.3, 0.4) is 0 Å². The van der Waals surface area contributed by atoms with Crippen molar-refractivity contribution in [1.82, 2.24) is 4.90 Å². The predicted octanol–water partition coefficient (Wildman–Crippen LogP) is 3.97. The summed E-state index contributed by atoms with van der Waals surface area (Å²) in [6, 6.07) is 0. The molecule has 0 spiro atoms. The van der Waals surface area contributed by atoms with Crippen LogP contribution in [0.2, 0.25) is 0 Å². The van der Waals surface area contributed by atoms with Crippen molar-refractivity contribution in [2.75, 3.05) is 19.6 Å². The highest BCUT2D eigenvalue weighted by molar-refractivity contribution is 4.97. The van der Waals surface area contributed by atoms with Crippen LogP contribution in [0.4, 0.5) is 0 Å². The van der Waals surface area contributed by atoms with E-state index in [0.29, 0.717) is 11.8 Å². The molecule has 1 aliphatic heterocycles. The molecule has 0 radical (unpaired) electrons. The summed E-state index contributed by atoms with van der Waals surface area (Å²) in [5.74, 6) is 1.17. The van der Waals surface area contributed by atoms with Crippen molar-refractivity contribution >= 4 is 0 Å². The van der Waals surface area contributed by atoms with Crippen LogP contribution in [0.25, 0.3) is 0 Å². The lowest BCUT2D eigenvalue weighted by atomic mass is 9.66. The summed E-state index contributed by atoms with van der Waals surface area (Å²) in [5, 5.41) is 11.7. The third kappa shape index (κ3) is 3.22. The lowest BCUT2D eigenvalue weighted by Crippen LogP contribution is -2.54. The van der Waals surface area contributed by atoms with E-state index in [4.69, 9.17) is 0 Å². The Hall–Kier alpha value is -0.0800. The van der Waals surface area contributed by atoms with Crippen LogP contribution in [0.15, 0.2) is 0 Å². The number of aliphatic hydroxyl groups is 1. The second kappa shape index (κ2) is 6.79. The summed E-state index contributed by atoms with van der Waals surface area (Å²) in [4.78, 5) is 2.56. The lowest BCUT2D eigenvalue weighted by molar-refractivity contribution is -0.107. The monoisotopic (exact) mass is 279 g/mol. The normalized spacial score (nSPS) is 28.1. The first-order valence-corrected chi connectivity index (χ1v) is 9.24. The van der Waals surface area contributed by atoms with E-state index in [1.807, 2.05) is 0 Å². The summed E-state index contributed by atoms with van der Waals surface area (Å²) >= 11 is 0. The van der Waals surface area contributed by atoms with Crippen molar-refractivity contribution in [2.45, 2.75) is 82.7 Å². The number of hydrogen-bond donors (Lipinski definition) is 1. The van der Waals surface area contributed by atoms with Gasteiger partial charge in [-0.2, -0.15) is 0 Å². The maximum Gasteiger partial charge on any atom is 0.0829 e. The summed E-state index contributed by atoms with van der Waals surface area (Å²) in [6.07, 6.45) is 16.0. The minimum Gasteiger partial charge on any atom is -0.388 e. The van der Waals surface area contributed by atoms with E-state index in [1.165, 1.54) is 90.1 Å². The fraction of sp³-hybridized carbons (Fsp3) is 1.00. The zero-order valence-electron chi connectivity index (χ0n) is 13.2. The third-order valence-corrected chi connectivity index (χ3v) is 6.30. The standard InChI is InChI=1S/C18H33NO/c20-18(15-19-13-7-8-14-19,16-9-3-1-4-10-16)17-11-5-2-6-12-17/h16-17,20H,1-15H2. The minimum atomic E-state index is -0.370. The Balaban J connectivity index is 1.72. The van der Waals surface area contributed by atoms with Crippen LogP contribution in [-0.4, -0.2) is 35.2 Å². The van der Waals surface area contributed by atoms with Gasteiger partial charge in [0.2, 0.25) is 0 Å². The van der Waals surface area contributed by atoms with Gasteiger partial charge in [0.1, 0.15) is 0 Å². The van der Waals surface area contributed by atoms with Crippen LogP contribution >= 0.6 is 0 Å². The molecule has 2 aliphatic carbocycles. The van der Waals surface area contributed by atoms with Crippen molar-refractivity contribution in [1.29, 1.82) is 0 Å². The molecule has 2 saturated carbocycles. The van der Waals surface area contributed by atoms with E-state index >= 15 is 0 Å². The summed E-state index contributed by atoms with van der Waals surface area (Å²) in [5.41, 5.74) is -0.370. The molecule has 20 heavy (non-hydrogen) atoms. The molecule has 0 aromatic heterocycles. The Morgan fingerprint density at radius 2 is 1.15 bits per heavy atom. The molecule has 1 saturated heterocycles. The molecule has 0 aromatic carbocycles. The van der Waals surface area contributed by atoms with Crippen LogP contribution in [-0.2, 0) is 0 Å². The zero-order valence-corrected chi connectivity index (χ0v) is 13.2. The Labute approximate surface area is 124 Å². The number of hydrogen-bond acceptors (Lipinski definition) is 2. The maximum atomic E-state index is 11.7. The van der Waals surface area contributed by atoms with Crippen LogP contribution in [0, 0.1) is 11.8 Å². The highest BCUT2D eigenvalue weighted by Gasteiger charge is 2.45. The van der Waals surface area contributed by atoms with E-state index in [9.17, 15) is 5.11 Å². The minimum absolute atomic E-state index is 0.370. The van der Waals surface area contributed by atoms with Gasteiger partial charge in [0.05, 0.1) is 5.60 Å². The van der Waals surface area contributed by atoms with Gasteiger partial charge in [-0.15, -0.1) is 0 Å². The second-order valence-corrected chi connectivity index (χ2v) is 7.64. The van der Waals surface area contributed by atoms with Gasteiger partial charge in [0.25, 0.3) is 0 Å². The number of nitrogens with zero attached hydrogens (tertiary/aromatic N) is 1. The Kier molecular flexibility index (Phi) is 5.04. The highest BCUT2D eigenvalue weighted by atomic mass is 16.3. The quantitative estimate of drug-likeness (QED) is 0.841. The van der Waals surface area contributed by atoms with E-state index in [2.05, 4.69) is 4.90 Å². The molecule has 116 valence electrons. The second-order valence-electron chi connectivity index (χ2n) is 7.64. The first kappa shape index (κ1) is 14.8. The van der Waals surface area contributed by atoms with Crippen LogP contribution in [0.1, 0.15) is 77.0 Å². The predicted molar refractivity (Wildman–Crippen MR) is 83.8 cm³/mol. The van der Waals surface area contributed by atoms with E-state index in [0.717, 1.165) is 6.54 Å². The van der Waals surface area contributed by atoms with Gasteiger partial charge in [0, 0.05) is 6.54 Å². The fourth-order valence-electron chi connectivity index (χ4n) is 5.10. The van der Waals surface area contributed by atoms with Crippen molar-refractivity contribution in [3.8, 4) is 0 Å². The smallest absolute Gasteiger partial charge is 0.0829 e. The molecule has 3 fully saturated rings. The van der Waals surface area contributed by atoms with E-state index < -0.39 is 0 Å². The summed E-state index contributed by atoms with van der Waals surface area (Å²) in [7, 11) is 0. The third-order valence-electron chi connectivity index (χ3n) is 6.30. The van der Waals surface area contributed by atoms with Gasteiger partial charge in [-0.05, 0) is 63.5 Å². The van der Waals surface area contributed by atoms with Gasteiger partial charge in [-0.3, -0.25) is 0 Å². The van der Waals surface area contributed by atoms with Crippen LogP contribution < -0.4 is 0 Å². The molecule has 1 N–H and O–H groups in total. The average Bonchev–Trinajstić information content (AvgIpc) is 3.02. The van der Waals surface area contributed by atoms with Gasteiger partial charge in [-0.1, -0.05) is 38.5 Å². The molecule has 0 amide bonds. The Bertz CT molecular complexity index is 268. The van der Waals surface area contributed by atoms with E-state index in [1.54, 1.807) is 0 Å². The SMILES string of the molecule is OC(CN1CCCC1)(C1CCCCC1)C1CCCCC1. The lowest BCUT2D eigenvalue weighted by Gasteiger charge is -2.47. The maximum absolute atomic E-state index is 11.7. The number of β-amino-alcohol motifs (C(OH)–C–C–N with tert-alkyl or cyclic N) is 1. The number of rotatable bonds is 4. The molecular formula is C18H33NO. The Morgan fingerprint density at radius 3 is 1.60 bits per heavy atom. The van der Waals surface area contributed by atoms with Gasteiger partial charge in [0.15, 0.2) is 0 Å². The van der Waals surface area contributed by atoms with Crippen molar-refractivity contribution in [2.24, 2.45) is 11.8 Å². The molecular weight excluding hydrogens is 246 g/mol. The average molecular weight is 279 g/mol. The molecule has 0 bridgehead atoms. The first-order valence-electron chi connectivity index (χ1n) is 9.24. The molecule has 3 aliphatic rings. The fourth-order valence-corrected chi connectivity index (χ4v) is 5.10. The highest BCUT2D eigenvalue weighted by Crippen LogP contribution is 2.43. The summed E-state index contributed by atoms with van der Waals surface area (Å²) in [6.45, 7) is 3.42. The van der Waals surface area contributed by atoms with Gasteiger partial charge < -0.3 is 10.0 Å².